The van der Waals surface area contributed by atoms with E-state index in [1.807, 2.05) is 6.92 Å². The van der Waals surface area contributed by atoms with Gasteiger partial charge in [0.05, 0.1) is 0 Å². The zero-order chi connectivity index (χ0) is 13.5. The van der Waals surface area contributed by atoms with Gasteiger partial charge in [-0.05, 0) is 55.1 Å². The van der Waals surface area contributed by atoms with Crippen LogP contribution in [0.15, 0.2) is 41.5 Å². The molecular weight excluding hydrogens is 232 g/mol. The highest BCUT2D eigenvalue weighted by atomic mass is 16.1. The number of Topliss-reactive ketones (excluding diaryl/α,β-unsaturated/α-hetero) is 1. The summed E-state index contributed by atoms with van der Waals surface area (Å²) in [4.78, 5) is 11.8. The first-order valence-corrected chi connectivity index (χ1v) is 7.38. The number of hydrogen-bond donors (Lipinski definition) is 0. The number of carbonyl (C=O) groups excluding carboxylic acids is 1. The molecule has 19 heavy (non-hydrogen) atoms. The fourth-order valence-corrected chi connectivity index (χ4v) is 3.89. The lowest BCUT2D eigenvalue weighted by atomic mass is 9.51. The number of hydrogen-bond acceptors (Lipinski definition) is 1. The van der Waals surface area contributed by atoms with E-state index < -0.39 is 0 Å². The highest BCUT2D eigenvalue weighted by Gasteiger charge is 2.49. The topological polar surface area (TPSA) is 17.1 Å². The molecule has 0 unspecified atom stereocenters. The van der Waals surface area contributed by atoms with Crippen molar-refractivity contribution in [2.75, 3.05) is 0 Å². The molecule has 2 aliphatic rings. The largest absolute Gasteiger partial charge is 0.295 e. The minimum Gasteiger partial charge on any atom is -0.295 e. The van der Waals surface area contributed by atoms with Crippen LogP contribution in [0.2, 0.25) is 0 Å². The third-order valence-corrected chi connectivity index (χ3v) is 5.41. The van der Waals surface area contributed by atoms with E-state index in [9.17, 15) is 4.79 Å². The Morgan fingerprint density at radius 2 is 2.00 bits per heavy atom. The molecule has 0 saturated heterocycles. The molecule has 1 saturated carbocycles. The molecule has 0 aliphatic heterocycles. The number of aryl methyl sites for hydroxylation is 1. The molecule has 1 heteroatoms. The number of fused-ring (bicyclic) bond motifs is 1. The monoisotopic (exact) mass is 254 g/mol. The number of benzene rings is 1. The molecule has 1 nitrogen and oxygen atoms in total. The Morgan fingerprint density at radius 3 is 2.74 bits per heavy atom. The van der Waals surface area contributed by atoms with Crippen LogP contribution in [0.25, 0.3) is 0 Å². The van der Waals surface area contributed by atoms with E-state index in [4.69, 9.17) is 0 Å². The zero-order valence-corrected chi connectivity index (χ0v) is 11.9. The molecule has 2 atom stereocenters. The van der Waals surface area contributed by atoms with Crippen LogP contribution in [0.1, 0.15) is 45.1 Å². The van der Waals surface area contributed by atoms with Gasteiger partial charge in [-0.15, -0.1) is 0 Å². The average Bonchev–Trinajstić information content (AvgIpc) is 2.42. The molecule has 1 aromatic carbocycles. The number of carbonyl (C=O) groups is 1. The molecule has 1 aromatic rings. The smallest absolute Gasteiger partial charge is 0.158 e. The standard InChI is InChI=1S/C18H22O/c1-13-16-12-15(18(16,2)11-10-17(13)19)9-8-14-6-4-3-5-7-14/h3-7,15H,8-12H2,1-2H3/t15-,18+/m0/s1. The van der Waals surface area contributed by atoms with Gasteiger partial charge in [0.2, 0.25) is 0 Å². The van der Waals surface area contributed by atoms with Gasteiger partial charge < -0.3 is 0 Å². The van der Waals surface area contributed by atoms with E-state index in [-0.39, 0.29) is 0 Å². The quantitative estimate of drug-likeness (QED) is 0.785. The van der Waals surface area contributed by atoms with Crippen LogP contribution >= 0.6 is 0 Å². The minimum atomic E-state index is 0.326. The minimum absolute atomic E-state index is 0.326. The van der Waals surface area contributed by atoms with Crippen molar-refractivity contribution in [3.63, 3.8) is 0 Å². The summed E-state index contributed by atoms with van der Waals surface area (Å²) in [6.07, 6.45) is 5.40. The van der Waals surface area contributed by atoms with Crippen LogP contribution in [-0.4, -0.2) is 5.78 Å². The van der Waals surface area contributed by atoms with Crippen LogP contribution in [0.4, 0.5) is 0 Å². The van der Waals surface area contributed by atoms with E-state index in [0.717, 1.165) is 30.8 Å². The Balaban J connectivity index is 1.68. The first kappa shape index (κ1) is 12.7. The van der Waals surface area contributed by atoms with Crippen molar-refractivity contribution in [3.05, 3.63) is 47.0 Å². The van der Waals surface area contributed by atoms with Gasteiger partial charge in [-0.25, -0.2) is 0 Å². The van der Waals surface area contributed by atoms with Gasteiger partial charge >= 0.3 is 0 Å². The van der Waals surface area contributed by atoms with Crippen LogP contribution in [0.5, 0.6) is 0 Å². The second kappa shape index (κ2) is 4.63. The molecule has 3 rings (SSSR count). The van der Waals surface area contributed by atoms with Gasteiger partial charge in [-0.3, -0.25) is 4.79 Å². The summed E-state index contributed by atoms with van der Waals surface area (Å²) in [6.45, 7) is 4.40. The summed E-state index contributed by atoms with van der Waals surface area (Å²) in [5.41, 5.74) is 4.30. The summed E-state index contributed by atoms with van der Waals surface area (Å²) in [6, 6.07) is 10.7. The Hall–Kier alpha value is -1.37. The molecule has 0 aromatic heterocycles. The zero-order valence-electron chi connectivity index (χ0n) is 11.9. The second-order valence-electron chi connectivity index (χ2n) is 6.37. The fourth-order valence-electron chi connectivity index (χ4n) is 3.89. The van der Waals surface area contributed by atoms with Crippen molar-refractivity contribution in [1.29, 1.82) is 0 Å². The molecule has 0 radical (unpaired) electrons. The van der Waals surface area contributed by atoms with Gasteiger partial charge in [-0.2, -0.15) is 0 Å². The lowest BCUT2D eigenvalue weighted by Gasteiger charge is -2.53. The normalized spacial score (nSPS) is 30.0. The predicted octanol–water partition coefficient (Wildman–Crippen LogP) is 4.32. The maximum absolute atomic E-state index is 11.8. The lowest BCUT2D eigenvalue weighted by Crippen LogP contribution is -2.44. The van der Waals surface area contributed by atoms with E-state index in [1.165, 1.54) is 24.0 Å². The highest BCUT2D eigenvalue weighted by molar-refractivity contribution is 5.97. The average molecular weight is 254 g/mol. The Labute approximate surface area is 115 Å². The molecule has 1 fully saturated rings. The Kier molecular flexibility index (Phi) is 3.08. The SMILES string of the molecule is CC1=C2C[C@H](CCc3ccccc3)[C@@]2(C)CCC1=O. The Morgan fingerprint density at radius 1 is 1.26 bits per heavy atom. The lowest BCUT2D eigenvalue weighted by molar-refractivity contribution is -0.117. The molecule has 0 spiro atoms. The number of allylic oxidation sites excluding steroid dienone is 2. The van der Waals surface area contributed by atoms with E-state index >= 15 is 0 Å². The second-order valence-corrected chi connectivity index (χ2v) is 6.37. The van der Waals surface area contributed by atoms with Crippen LogP contribution in [0, 0.1) is 11.3 Å². The molecule has 0 bridgehead atoms. The summed E-state index contributed by atoms with van der Waals surface area (Å²) < 4.78 is 0. The van der Waals surface area contributed by atoms with Crippen molar-refractivity contribution in [3.8, 4) is 0 Å². The number of rotatable bonds is 3. The van der Waals surface area contributed by atoms with E-state index in [0.29, 0.717) is 11.2 Å². The van der Waals surface area contributed by atoms with Crippen molar-refractivity contribution < 1.29 is 4.79 Å². The van der Waals surface area contributed by atoms with Crippen LogP contribution in [0.3, 0.4) is 0 Å². The van der Waals surface area contributed by atoms with Gasteiger partial charge in [0.1, 0.15) is 0 Å². The molecule has 0 amide bonds. The molecule has 2 aliphatic carbocycles. The Bertz CT molecular complexity index is 526. The van der Waals surface area contributed by atoms with E-state index in [1.54, 1.807) is 0 Å². The van der Waals surface area contributed by atoms with Gasteiger partial charge in [0.25, 0.3) is 0 Å². The van der Waals surface area contributed by atoms with Gasteiger partial charge in [-0.1, -0.05) is 42.8 Å². The van der Waals surface area contributed by atoms with Gasteiger partial charge in [0, 0.05) is 6.42 Å². The molecule has 0 N–H and O–H groups in total. The number of ketones is 1. The molecular formula is C18H22O. The molecule has 100 valence electrons. The fraction of sp³-hybridized carbons (Fsp3) is 0.500. The van der Waals surface area contributed by atoms with Crippen LogP contribution < -0.4 is 0 Å². The van der Waals surface area contributed by atoms with Crippen molar-refractivity contribution in [2.24, 2.45) is 11.3 Å². The van der Waals surface area contributed by atoms with Crippen molar-refractivity contribution in [1.82, 2.24) is 0 Å². The van der Waals surface area contributed by atoms with E-state index in [2.05, 4.69) is 37.3 Å². The molecule has 0 heterocycles. The highest BCUT2D eigenvalue weighted by Crippen LogP contribution is 2.59. The summed E-state index contributed by atoms with van der Waals surface area (Å²) in [7, 11) is 0. The van der Waals surface area contributed by atoms with Crippen molar-refractivity contribution >= 4 is 5.78 Å². The first-order chi connectivity index (χ1) is 9.11. The summed E-state index contributed by atoms with van der Waals surface area (Å²) >= 11 is 0. The first-order valence-electron chi connectivity index (χ1n) is 7.38. The van der Waals surface area contributed by atoms with Gasteiger partial charge in [0.15, 0.2) is 5.78 Å². The summed E-state index contributed by atoms with van der Waals surface area (Å²) in [5, 5.41) is 0. The predicted molar refractivity (Wildman–Crippen MR) is 77.9 cm³/mol. The van der Waals surface area contributed by atoms with Crippen molar-refractivity contribution in [2.45, 2.75) is 46.0 Å². The van der Waals surface area contributed by atoms with Crippen LogP contribution in [-0.2, 0) is 11.2 Å². The maximum atomic E-state index is 11.8. The third kappa shape index (κ3) is 2.05. The third-order valence-electron chi connectivity index (χ3n) is 5.41. The summed E-state index contributed by atoms with van der Waals surface area (Å²) in [5.74, 6) is 1.15. The maximum Gasteiger partial charge on any atom is 0.158 e.